The van der Waals surface area contributed by atoms with Crippen molar-refractivity contribution >= 4 is 15.9 Å². The van der Waals surface area contributed by atoms with E-state index in [9.17, 15) is 8.78 Å². The first-order valence-corrected chi connectivity index (χ1v) is 6.15. The van der Waals surface area contributed by atoms with Gasteiger partial charge in [-0.1, -0.05) is 0 Å². The average molecular weight is 316 g/mol. The Hall–Kier alpha value is -1.27. The van der Waals surface area contributed by atoms with Crippen LogP contribution in [0.4, 0.5) is 8.78 Å². The molecule has 1 heterocycles. The molecule has 0 saturated heterocycles. The van der Waals surface area contributed by atoms with E-state index in [1.165, 1.54) is 6.07 Å². The first-order valence-electron chi connectivity index (χ1n) is 5.35. The molecule has 2 aromatic rings. The highest BCUT2D eigenvalue weighted by Crippen LogP contribution is 2.30. The smallest absolute Gasteiger partial charge is 0.132 e. The van der Waals surface area contributed by atoms with Crippen molar-refractivity contribution in [3.8, 4) is 11.3 Å². The van der Waals surface area contributed by atoms with E-state index in [2.05, 4.69) is 26.2 Å². The summed E-state index contributed by atoms with van der Waals surface area (Å²) in [5.74, 6) is -0.214. The summed E-state index contributed by atoms with van der Waals surface area (Å²) in [6.07, 6.45) is 0. The molecule has 6 heteroatoms. The Labute approximate surface area is 112 Å². The maximum Gasteiger partial charge on any atom is 0.132 e. The van der Waals surface area contributed by atoms with Gasteiger partial charge in [-0.05, 0) is 41.2 Å². The molecule has 0 atom stereocenters. The highest BCUT2D eigenvalue weighted by molar-refractivity contribution is 9.10. The van der Waals surface area contributed by atoms with Gasteiger partial charge in [0.25, 0.3) is 0 Å². The van der Waals surface area contributed by atoms with Crippen molar-refractivity contribution in [3.05, 3.63) is 40.3 Å². The Morgan fingerprint density at radius 1 is 1.39 bits per heavy atom. The zero-order valence-electron chi connectivity index (χ0n) is 9.97. The second-order valence-corrected chi connectivity index (χ2v) is 4.63. The van der Waals surface area contributed by atoms with Crippen LogP contribution >= 0.6 is 15.9 Å². The van der Waals surface area contributed by atoms with Crippen LogP contribution in [0.25, 0.3) is 11.3 Å². The highest BCUT2D eigenvalue weighted by atomic mass is 79.9. The molecule has 0 aliphatic heterocycles. The molecule has 1 N–H and O–H groups in total. The molecule has 0 aliphatic rings. The summed E-state index contributed by atoms with van der Waals surface area (Å²) < 4.78 is 29.2. The van der Waals surface area contributed by atoms with E-state index in [4.69, 9.17) is 0 Å². The van der Waals surface area contributed by atoms with Gasteiger partial charge in [0.1, 0.15) is 22.1 Å². The van der Waals surface area contributed by atoms with Gasteiger partial charge in [0.15, 0.2) is 0 Å². The van der Waals surface area contributed by atoms with Crippen LogP contribution in [-0.2, 0) is 13.6 Å². The summed E-state index contributed by atoms with van der Waals surface area (Å²) in [4.78, 5) is 4.28. The number of aromatic nitrogens is 2. The largest absolute Gasteiger partial charge is 0.329 e. The second-order valence-electron chi connectivity index (χ2n) is 3.88. The first kappa shape index (κ1) is 13.2. The van der Waals surface area contributed by atoms with Crippen molar-refractivity contribution in [3.63, 3.8) is 0 Å². The van der Waals surface area contributed by atoms with Crippen molar-refractivity contribution in [2.75, 3.05) is 7.05 Å². The molecule has 0 fully saturated rings. The lowest BCUT2D eigenvalue weighted by atomic mass is 10.1. The Morgan fingerprint density at radius 2 is 2.11 bits per heavy atom. The van der Waals surface area contributed by atoms with Crippen LogP contribution in [0.1, 0.15) is 5.82 Å². The minimum atomic E-state index is -0.477. The lowest BCUT2D eigenvalue weighted by molar-refractivity contribution is 0.601. The third-order valence-corrected chi connectivity index (χ3v) is 3.22. The predicted octanol–water partition coefficient (Wildman–Crippen LogP) is 2.85. The van der Waals surface area contributed by atoms with E-state index in [-0.39, 0.29) is 5.56 Å². The van der Waals surface area contributed by atoms with Gasteiger partial charge in [0, 0.05) is 12.6 Å². The standard InChI is InChI=1S/C12H12BrF2N3/c1-16-6-10-17-12(13)11(18(10)2)8-5-7(14)3-4-9(8)15/h3-5,16H,6H2,1-2H3. The molecule has 1 aromatic heterocycles. The molecule has 0 unspecified atom stereocenters. The molecular weight excluding hydrogens is 304 g/mol. The number of hydrogen-bond donors (Lipinski definition) is 1. The Bertz CT molecular complexity index is 581. The minimum absolute atomic E-state index is 0.194. The van der Waals surface area contributed by atoms with Gasteiger partial charge >= 0.3 is 0 Å². The number of imidazole rings is 1. The van der Waals surface area contributed by atoms with Crippen LogP contribution in [0.5, 0.6) is 0 Å². The fourth-order valence-corrected chi connectivity index (χ4v) is 2.48. The van der Waals surface area contributed by atoms with Crippen LogP contribution in [0, 0.1) is 11.6 Å². The molecule has 0 aliphatic carbocycles. The second kappa shape index (κ2) is 5.16. The topological polar surface area (TPSA) is 29.9 Å². The van der Waals surface area contributed by atoms with Crippen molar-refractivity contribution in [2.24, 2.45) is 7.05 Å². The van der Waals surface area contributed by atoms with Gasteiger partial charge in [0.2, 0.25) is 0 Å². The third kappa shape index (κ3) is 2.30. The number of benzene rings is 1. The monoisotopic (exact) mass is 315 g/mol. The summed E-state index contributed by atoms with van der Waals surface area (Å²) in [7, 11) is 3.56. The lowest BCUT2D eigenvalue weighted by Crippen LogP contribution is -2.10. The zero-order valence-corrected chi connectivity index (χ0v) is 11.6. The van der Waals surface area contributed by atoms with Crippen LogP contribution in [0.3, 0.4) is 0 Å². The number of nitrogens with one attached hydrogen (secondary N) is 1. The SMILES string of the molecule is CNCc1nc(Br)c(-c2cc(F)ccc2F)n1C. The molecule has 96 valence electrons. The van der Waals surface area contributed by atoms with Gasteiger partial charge in [-0.3, -0.25) is 0 Å². The predicted molar refractivity (Wildman–Crippen MR) is 69.0 cm³/mol. The fourth-order valence-electron chi connectivity index (χ4n) is 1.80. The van der Waals surface area contributed by atoms with Crippen molar-refractivity contribution in [1.29, 1.82) is 0 Å². The van der Waals surface area contributed by atoms with Crippen LogP contribution < -0.4 is 5.32 Å². The molecule has 1 aromatic carbocycles. The number of nitrogens with zero attached hydrogens (tertiary/aromatic N) is 2. The van der Waals surface area contributed by atoms with Crippen molar-refractivity contribution in [2.45, 2.75) is 6.54 Å². The molecule has 0 radical (unpaired) electrons. The number of rotatable bonds is 3. The number of hydrogen-bond acceptors (Lipinski definition) is 2. The third-order valence-electron chi connectivity index (χ3n) is 2.66. The maximum absolute atomic E-state index is 13.8. The zero-order chi connectivity index (χ0) is 13.3. The van der Waals surface area contributed by atoms with E-state index < -0.39 is 11.6 Å². The normalized spacial score (nSPS) is 10.9. The van der Waals surface area contributed by atoms with Gasteiger partial charge in [-0.2, -0.15) is 0 Å². The van der Waals surface area contributed by atoms with E-state index in [1.807, 2.05) is 0 Å². The molecular formula is C12H12BrF2N3. The van der Waals surface area contributed by atoms with E-state index in [0.717, 1.165) is 18.0 Å². The Balaban J connectivity index is 2.60. The first-order chi connectivity index (χ1) is 8.54. The van der Waals surface area contributed by atoms with Gasteiger partial charge in [-0.15, -0.1) is 0 Å². The molecule has 0 amide bonds. The van der Waals surface area contributed by atoms with E-state index >= 15 is 0 Å². The molecule has 0 saturated carbocycles. The van der Waals surface area contributed by atoms with E-state index in [1.54, 1.807) is 18.7 Å². The quantitative estimate of drug-likeness (QED) is 0.944. The summed E-state index contributed by atoms with van der Waals surface area (Å²) >= 11 is 3.28. The molecule has 2 rings (SSSR count). The minimum Gasteiger partial charge on any atom is -0.329 e. The number of halogens is 3. The van der Waals surface area contributed by atoms with Gasteiger partial charge in [-0.25, -0.2) is 13.8 Å². The molecule has 18 heavy (non-hydrogen) atoms. The van der Waals surface area contributed by atoms with Gasteiger partial charge in [0.05, 0.1) is 12.2 Å². The van der Waals surface area contributed by atoms with E-state index in [0.29, 0.717) is 16.8 Å². The average Bonchev–Trinajstić information content (AvgIpc) is 2.59. The van der Waals surface area contributed by atoms with Crippen LogP contribution in [-0.4, -0.2) is 16.6 Å². The molecule has 0 spiro atoms. The summed E-state index contributed by atoms with van der Waals surface area (Å²) in [5, 5.41) is 2.97. The van der Waals surface area contributed by atoms with Crippen molar-refractivity contribution in [1.82, 2.24) is 14.9 Å². The Kier molecular flexibility index (Phi) is 3.77. The lowest BCUT2D eigenvalue weighted by Gasteiger charge is -2.07. The molecule has 0 bridgehead atoms. The van der Waals surface area contributed by atoms with Crippen molar-refractivity contribution < 1.29 is 8.78 Å². The Morgan fingerprint density at radius 3 is 2.78 bits per heavy atom. The summed E-state index contributed by atoms with van der Waals surface area (Å²) in [5.41, 5.74) is 0.719. The van der Waals surface area contributed by atoms with Crippen LogP contribution in [0.15, 0.2) is 22.8 Å². The highest BCUT2D eigenvalue weighted by Gasteiger charge is 2.17. The fraction of sp³-hybridized carbons (Fsp3) is 0.250. The molecule has 3 nitrogen and oxygen atoms in total. The van der Waals surface area contributed by atoms with Gasteiger partial charge < -0.3 is 9.88 Å². The van der Waals surface area contributed by atoms with Crippen LogP contribution in [0.2, 0.25) is 0 Å². The summed E-state index contributed by atoms with van der Waals surface area (Å²) in [6.45, 7) is 0.548. The summed E-state index contributed by atoms with van der Waals surface area (Å²) in [6, 6.07) is 3.37. The maximum atomic E-state index is 13.8.